The van der Waals surface area contributed by atoms with Gasteiger partial charge in [-0.05, 0) is 12.5 Å². The fraction of sp³-hybridized carbons (Fsp3) is 0.300. The van der Waals surface area contributed by atoms with Gasteiger partial charge in [0.05, 0.1) is 0 Å². The Morgan fingerprint density at radius 1 is 1.38 bits per heavy atom. The molecule has 1 aromatic carbocycles. The van der Waals surface area contributed by atoms with E-state index in [1.807, 2.05) is 19.1 Å². The zero-order chi connectivity index (χ0) is 9.84. The summed E-state index contributed by atoms with van der Waals surface area (Å²) in [5.41, 5.74) is 1.72. The van der Waals surface area contributed by atoms with Crippen molar-refractivity contribution < 1.29 is 9.90 Å². The minimum Gasteiger partial charge on any atom is -0.378 e. The normalized spacial score (nSPS) is 12.2. The molecule has 1 atom stereocenters. The fourth-order valence-corrected chi connectivity index (χ4v) is 1.04. The molecular weight excluding hydrogens is 166 g/mol. The van der Waals surface area contributed by atoms with Crippen molar-refractivity contribution in [2.24, 2.45) is 0 Å². The number of aliphatic hydroxyl groups excluding tert-OH is 1. The van der Waals surface area contributed by atoms with Gasteiger partial charge in [0.2, 0.25) is 0 Å². The summed E-state index contributed by atoms with van der Waals surface area (Å²) in [4.78, 5) is 11.0. The summed E-state index contributed by atoms with van der Waals surface area (Å²) in [6.07, 6.45) is -1.06. The zero-order valence-corrected chi connectivity index (χ0v) is 7.74. The van der Waals surface area contributed by atoms with Crippen LogP contribution < -0.4 is 5.32 Å². The molecule has 0 radical (unpaired) electrons. The number of likely N-dealkylation sites (N-methyl/N-ethyl adjacent to an activating group) is 1. The molecule has 0 bridgehead atoms. The van der Waals surface area contributed by atoms with Crippen LogP contribution in [0.4, 0.5) is 0 Å². The van der Waals surface area contributed by atoms with E-state index in [1.165, 1.54) is 7.05 Å². The predicted octanol–water partition coefficient (Wildman–Crippen LogP) is 0.774. The summed E-state index contributed by atoms with van der Waals surface area (Å²) >= 11 is 0. The highest BCUT2D eigenvalue weighted by atomic mass is 16.3. The van der Waals surface area contributed by atoms with Crippen molar-refractivity contribution in [2.45, 2.75) is 13.0 Å². The number of carbonyl (C=O) groups is 1. The summed E-state index contributed by atoms with van der Waals surface area (Å²) < 4.78 is 0. The Kier molecular flexibility index (Phi) is 3.03. The first kappa shape index (κ1) is 9.74. The van der Waals surface area contributed by atoms with Crippen LogP contribution in [-0.4, -0.2) is 18.1 Å². The van der Waals surface area contributed by atoms with Crippen LogP contribution in [0.2, 0.25) is 0 Å². The van der Waals surface area contributed by atoms with Gasteiger partial charge in [-0.3, -0.25) is 4.79 Å². The largest absolute Gasteiger partial charge is 0.378 e. The minimum absolute atomic E-state index is 0.385. The van der Waals surface area contributed by atoms with Gasteiger partial charge in [-0.15, -0.1) is 0 Å². The molecule has 70 valence electrons. The van der Waals surface area contributed by atoms with E-state index in [0.717, 1.165) is 5.56 Å². The molecule has 3 heteroatoms. The Labute approximate surface area is 77.4 Å². The lowest BCUT2D eigenvalue weighted by Crippen LogP contribution is -2.25. The Morgan fingerprint density at radius 2 is 1.92 bits per heavy atom. The SMILES string of the molecule is CNC(=O)C(O)c1ccc(C)cc1. The topological polar surface area (TPSA) is 49.3 Å². The smallest absolute Gasteiger partial charge is 0.253 e. The number of hydrogen-bond acceptors (Lipinski definition) is 2. The molecule has 1 amide bonds. The van der Waals surface area contributed by atoms with Gasteiger partial charge in [-0.1, -0.05) is 29.8 Å². The van der Waals surface area contributed by atoms with Crippen LogP contribution in [0.5, 0.6) is 0 Å². The first-order chi connectivity index (χ1) is 6.15. The molecule has 0 aromatic heterocycles. The molecule has 0 heterocycles. The third-order valence-electron chi connectivity index (χ3n) is 1.89. The van der Waals surface area contributed by atoms with Crippen molar-refractivity contribution in [1.29, 1.82) is 0 Å². The fourth-order valence-electron chi connectivity index (χ4n) is 1.04. The highest BCUT2D eigenvalue weighted by Gasteiger charge is 2.14. The lowest BCUT2D eigenvalue weighted by molar-refractivity contribution is -0.129. The molecule has 0 saturated heterocycles. The molecule has 13 heavy (non-hydrogen) atoms. The third-order valence-corrected chi connectivity index (χ3v) is 1.89. The zero-order valence-electron chi connectivity index (χ0n) is 7.74. The van der Waals surface area contributed by atoms with E-state index in [4.69, 9.17) is 0 Å². The summed E-state index contributed by atoms with van der Waals surface area (Å²) in [7, 11) is 1.50. The van der Waals surface area contributed by atoms with Crippen molar-refractivity contribution in [3.05, 3.63) is 35.4 Å². The summed E-state index contributed by atoms with van der Waals surface area (Å²) in [5, 5.41) is 11.9. The van der Waals surface area contributed by atoms with Gasteiger partial charge >= 0.3 is 0 Å². The number of aliphatic hydroxyl groups is 1. The second kappa shape index (κ2) is 4.05. The number of hydrogen-bond donors (Lipinski definition) is 2. The van der Waals surface area contributed by atoms with Gasteiger partial charge in [-0.25, -0.2) is 0 Å². The molecule has 0 spiro atoms. The molecular formula is C10H13NO2. The highest BCUT2D eigenvalue weighted by molar-refractivity contribution is 5.81. The van der Waals surface area contributed by atoms with E-state index in [1.54, 1.807) is 12.1 Å². The van der Waals surface area contributed by atoms with Crippen molar-refractivity contribution in [3.8, 4) is 0 Å². The minimum atomic E-state index is -1.06. The van der Waals surface area contributed by atoms with Gasteiger partial charge in [0.25, 0.3) is 5.91 Å². The van der Waals surface area contributed by atoms with E-state index in [2.05, 4.69) is 5.32 Å². The molecule has 1 aromatic rings. The monoisotopic (exact) mass is 179 g/mol. The highest BCUT2D eigenvalue weighted by Crippen LogP contribution is 2.13. The maximum absolute atomic E-state index is 11.0. The standard InChI is InChI=1S/C10H13NO2/c1-7-3-5-8(6-4-7)9(12)10(13)11-2/h3-6,9,12H,1-2H3,(H,11,13). The number of rotatable bonds is 2. The van der Waals surface area contributed by atoms with E-state index >= 15 is 0 Å². The van der Waals surface area contributed by atoms with Gasteiger partial charge < -0.3 is 10.4 Å². The maximum Gasteiger partial charge on any atom is 0.253 e. The number of aryl methyl sites for hydroxylation is 1. The molecule has 0 aliphatic carbocycles. The Morgan fingerprint density at radius 3 is 2.38 bits per heavy atom. The van der Waals surface area contributed by atoms with E-state index in [0.29, 0.717) is 5.56 Å². The third kappa shape index (κ3) is 2.29. The molecule has 1 unspecified atom stereocenters. The predicted molar refractivity (Wildman–Crippen MR) is 50.2 cm³/mol. The molecule has 1 rings (SSSR count). The number of carbonyl (C=O) groups excluding carboxylic acids is 1. The average Bonchev–Trinajstić information content (AvgIpc) is 2.17. The lowest BCUT2D eigenvalue weighted by Gasteiger charge is -2.08. The Balaban J connectivity index is 2.83. The lowest BCUT2D eigenvalue weighted by atomic mass is 10.1. The van der Waals surface area contributed by atoms with Crippen LogP contribution in [0.1, 0.15) is 17.2 Å². The molecule has 0 aliphatic rings. The summed E-state index contributed by atoms with van der Waals surface area (Å²) in [6, 6.07) is 7.22. The van der Waals surface area contributed by atoms with Crippen LogP contribution >= 0.6 is 0 Å². The molecule has 2 N–H and O–H groups in total. The first-order valence-corrected chi connectivity index (χ1v) is 4.11. The summed E-state index contributed by atoms with van der Waals surface area (Å²) in [6.45, 7) is 1.95. The van der Waals surface area contributed by atoms with E-state index < -0.39 is 6.10 Å². The van der Waals surface area contributed by atoms with Gasteiger partial charge in [0, 0.05) is 7.05 Å². The number of amides is 1. The van der Waals surface area contributed by atoms with Crippen molar-refractivity contribution in [1.82, 2.24) is 5.32 Å². The molecule has 0 saturated carbocycles. The molecule has 0 aliphatic heterocycles. The maximum atomic E-state index is 11.0. The first-order valence-electron chi connectivity index (χ1n) is 4.11. The van der Waals surface area contributed by atoms with Crippen molar-refractivity contribution in [3.63, 3.8) is 0 Å². The van der Waals surface area contributed by atoms with E-state index in [9.17, 15) is 9.90 Å². The van der Waals surface area contributed by atoms with Gasteiger partial charge in [0.1, 0.15) is 0 Å². The second-order valence-electron chi connectivity index (χ2n) is 2.93. The van der Waals surface area contributed by atoms with Crippen LogP contribution in [-0.2, 0) is 4.79 Å². The van der Waals surface area contributed by atoms with Gasteiger partial charge in [-0.2, -0.15) is 0 Å². The quantitative estimate of drug-likeness (QED) is 0.704. The van der Waals surface area contributed by atoms with Crippen LogP contribution in [0.25, 0.3) is 0 Å². The second-order valence-corrected chi connectivity index (χ2v) is 2.93. The number of nitrogens with one attached hydrogen (secondary N) is 1. The van der Waals surface area contributed by atoms with Crippen molar-refractivity contribution in [2.75, 3.05) is 7.05 Å². The van der Waals surface area contributed by atoms with E-state index in [-0.39, 0.29) is 5.91 Å². The van der Waals surface area contributed by atoms with Gasteiger partial charge in [0.15, 0.2) is 6.10 Å². The van der Waals surface area contributed by atoms with Crippen LogP contribution in [0.3, 0.4) is 0 Å². The molecule has 0 fully saturated rings. The Bertz CT molecular complexity index is 292. The number of benzene rings is 1. The van der Waals surface area contributed by atoms with Crippen LogP contribution in [0.15, 0.2) is 24.3 Å². The molecule has 3 nitrogen and oxygen atoms in total. The van der Waals surface area contributed by atoms with Crippen molar-refractivity contribution >= 4 is 5.91 Å². The van der Waals surface area contributed by atoms with Crippen LogP contribution in [0, 0.1) is 6.92 Å². The summed E-state index contributed by atoms with van der Waals surface area (Å²) in [5.74, 6) is -0.385. The average molecular weight is 179 g/mol. The Hall–Kier alpha value is -1.35.